The quantitative estimate of drug-likeness (QED) is 0.664. The molecule has 1 amide bonds. The Kier molecular flexibility index (Phi) is 3.91. The fourth-order valence-electron chi connectivity index (χ4n) is 2.23. The zero-order chi connectivity index (χ0) is 18.2. The molecule has 0 atom stereocenters. The second-order valence-corrected chi connectivity index (χ2v) is 6.30. The molecule has 25 heavy (non-hydrogen) atoms. The van der Waals surface area contributed by atoms with Crippen molar-refractivity contribution in [3.05, 3.63) is 30.2 Å². The number of ether oxygens (including phenoxy) is 1. The summed E-state index contributed by atoms with van der Waals surface area (Å²) in [7, 11) is 0. The monoisotopic (exact) mass is 344 g/mol. The summed E-state index contributed by atoms with van der Waals surface area (Å²) < 4.78 is 10.6. The molecule has 3 aromatic rings. The van der Waals surface area contributed by atoms with E-state index in [0.29, 0.717) is 5.56 Å². The van der Waals surface area contributed by atoms with Gasteiger partial charge in [-0.2, -0.15) is 5.10 Å². The summed E-state index contributed by atoms with van der Waals surface area (Å²) in [6, 6.07) is 1.62. The number of aromatic amines is 1. The highest BCUT2D eigenvalue weighted by Crippen LogP contribution is 2.31. The number of anilines is 1. The average Bonchev–Trinajstić information content (AvgIpc) is 3.10. The first kappa shape index (κ1) is 16.5. The number of nitrogens with zero attached hydrogens (tertiary/aromatic N) is 2. The van der Waals surface area contributed by atoms with Crippen molar-refractivity contribution in [3.8, 4) is 11.1 Å². The van der Waals surface area contributed by atoms with Crippen molar-refractivity contribution >= 4 is 29.0 Å². The van der Waals surface area contributed by atoms with Crippen LogP contribution in [0, 0.1) is 0 Å². The molecule has 0 spiro atoms. The van der Waals surface area contributed by atoms with Gasteiger partial charge in [-0.3, -0.25) is 15.4 Å². The standard InChI is InChI=1S/C16H16N4O5/c1-16(2,3)25-15(23)20-13-11(14(21)22)12-10(24-13)4-8(5-17-12)9-6-18-19-7-9/h4-7H,1-3H3,(H,18,19)(H,20,23)(H,21,22). The fourth-order valence-corrected chi connectivity index (χ4v) is 2.23. The van der Waals surface area contributed by atoms with Crippen LogP contribution < -0.4 is 5.32 Å². The molecule has 130 valence electrons. The molecule has 9 heteroatoms. The van der Waals surface area contributed by atoms with Crippen molar-refractivity contribution in [1.29, 1.82) is 0 Å². The summed E-state index contributed by atoms with van der Waals surface area (Å²) in [4.78, 5) is 27.6. The molecule has 3 aromatic heterocycles. The third kappa shape index (κ3) is 3.44. The van der Waals surface area contributed by atoms with E-state index in [-0.39, 0.29) is 22.5 Å². The first-order valence-corrected chi connectivity index (χ1v) is 7.39. The number of pyridine rings is 1. The molecular weight excluding hydrogens is 328 g/mol. The maximum atomic E-state index is 11.9. The second kappa shape index (κ2) is 5.93. The first-order chi connectivity index (χ1) is 11.7. The van der Waals surface area contributed by atoms with Crippen LogP contribution in [0.1, 0.15) is 31.1 Å². The number of furan rings is 1. The van der Waals surface area contributed by atoms with Gasteiger partial charge in [0.1, 0.15) is 16.7 Å². The number of nitrogens with one attached hydrogen (secondary N) is 2. The van der Waals surface area contributed by atoms with E-state index in [2.05, 4.69) is 20.5 Å². The van der Waals surface area contributed by atoms with Gasteiger partial charge in [0.2, 0.25) is 5.88 Å². The van der Waals surface area contributed by atoms with Gasteiger partial charge in [-0.15, -0.1) is 0 Å². The predicted molar refractivity (Wildman–Crippen MR) is 88.4 cm³/mol. The van der Waals surface area contributed by atoms with Gasteiger partial charge in [-0.1, -0.05) is 0 Å². The maximum absolute atomic E-state index is 11.9. The highest BCUT2D eigenvalue weighted by molar-refractivity contribution is 6.08. The van der Waals surface area contributed by atoms with Crippen molar-refractivity contribution in [3.63, 3.8) is 0 Å². The van der Waals surface area contributed by atoms with Gasteiger partial charge in [0.05, 0.1) is 6.20 Å². The third-order valence-corrected chi connectivity index (χ3v) is 3.19. The number of hydrogen-bond acceptors (Lipinski definition) is 6. The van der Waals surface area contributed by atoms with E-state index in [9.17, 15) is 14.7 Å². The Morgan fingerprint density at radius 1 is 1.28 bits per heavy atom. The van der Waals surface area contributed by atoms with Crippen LogP contribution >= 0.6 is 0 Å². The lowest BCUT2D eigenvalue weighted by molar-refractivity contribution is 0.0633. The second-order valence-electron chi connectivity index (χ2n) is 6.30. The molecule has 3 N–H and O–H groups in total. The molecule has 0 radical (unpaired) electrons. The number of hydrogen-bond donors (Lipinski definition) is 3. The summed E-state index contributed by atoms with van der Waals surface area (Å²) in [5.41, 5.74) is 0.847. The smallest absolute Gasteiger partial charge is 0.414 e. The van der Waals surface area contributed by atoms with Crippen molar-refractivity contribution in [2.45, 2.75) is 26.4 Å². The molecule has 0 fully saturated rings. The zero-order valence-corrected chi connectivity index (χ0v) is 13.8. The Morgan fingerprint density at radius 3 is 2.64 bits per heavy atom. The summed E-state index contributed by atoms with van der Waals surface area (Å²) >= 11 is 0. The highest BCUT2D eigenvalue weighted by Gasteiger charge is 2.25. The van der Waals surface area contributed by atoms with Crippen LogP contribution in [-0.2, 0) is 4.74 Å². The number of H-pyrrole nitrogens is 1. The number of carbonyl (C=O) groups excluding carboxylic acids is 1. The van der Waals surface area contributed by atoms with Crippen molar-refractivity contribution in [1.82, 2.24) is 15.2 Å². The molecular formula is C16H16N4O5. The normalized spacial score (nSPS) is 11.5. The molecule has 0 aliphatic carbocycles. The van der Waals surface area contributed by atoms with E-state index in [0.717, 1.165) is 5.56 Å². The Balaban J connectivity index is 2.01. The summed E-state index contributed by atoms with van der Waals surface area (Å²) in [6.45, 7) is 5.09. The van der Waals surface area contributed by atoms with E-state index < -0.39 is 17.7 Å². The predicted octanol–water partition coefficient (Wildman–Crippen LogP) is 3.26. The lowest BCUT2D eigenvalue weighted by Crippen LogP contribution is -2.27. The van der Waals surface area contributed by atoms with Crippen LogP contribution in [0.4, 0.5) is 10.7 Å². The number of carboxylic acids is 1. The Labute approximate surface area is 142 Å². The summed E-state index contributed by atoms with van der Waals surface area (Å²) in [5, 5.41) is 18.3. The minimum atomic E-state index is -1.27. The van der Waals surface area contributed by atoms with Gasteiger partial charge in [-0.25, -0.2) is 9.59 Å². The van der Waals surface area contributed by atoms with Crippen molar-refractivity contribution in [2.24, 2.45) is 0 Å². The summed E-state index contributed by atoms with van der Waals surface area (Å²) in [6.07, 6.45) is 3.96. The lowest BCUT2D eigenvalue weighted by atomic mass is 10.1. The van der Waals surface area contributed by atoms with Crippen LogP contribution in [0.15, 0.2) is 29.1 Å². The molecule has 0 unspecified atom stereocenters. The Morgan fingerprint density at radius 2 is 2.04 bits per heavy atom. The van der Waals surface area contributed by atoms with Crippen molar-refractivity contribution < 1.29 is 23.8 Å². The lowest BCUT2D eigenvalue weighted by Gasteiger charge is -2.19. The van der Waals surface area contributed by atoms with E-state index >= 15 is 0 Å². The molecule has 0 aliphatic rings. The van der Waals surface area contributed by atoms with Gasteiger partial charge < -0.3 is 14.3 Å². The molecule has 9 nitrogen and oxygen atoms in total. The minimum absolute atomic E-state index is 0.130. The fraction of sp³-hybridized carbons (Fsp3) is 0.250. The molecule has 0 aliphatic heterocycles. The van der Waals surface area contributed by atoms with Crippen LogP contribution in [0.3, 0.4) is 0 Å². The number of carbonyl (C=O) groups is 2. The molecule has 0 saturated heterocycles. The van der Waals surface area contributed by atoms with E-state index in [1.54, 1.807) is 39.2 Å². The Bertz CT molecular complexity index is 937. The number of amides is 1. The van der Waals surface area contributed by atoms with Gasteiger partial charge in [0.25, 0.3) is 0 Å². The number of aromatic nitrogens is 3. The molecule has 0 aromatic carbocycles. The zero-order valence-electron chi connectivity index (χ0n) is 13.8. The van der Waals surface area contributed by atoms with Crippen LogP contribution in [0.25, 0.3) is 22.2 Å². The molecule has 3 rings (SSSR count). The van der Waals surface area contributed by atoms with E-state index in [4.69, 9.17) is 9.15 Å². The number of aromatic carboxylic acids is 1. The number of fused-ring (bicyclic) bond motifs is 1. The molecule has 0 saturated carbocycles. The van der Waals surface area contributed by atoms with Gasteiger partial charge in [0, 0.05) is 23.5 Å². The Hall–Kier alpha value is -3.36. The highest BCUT2D eigenvalue weighted by atomic mass is 16.6. The average molecular weight is 344 g/mol. The maximum Gasteiger partial charge on any atom is 0.414 e. The largest absolute Gasteiger partial charge is 0.477 e. The van der Waals surface area contributed by atoms with E-state index in [1.807, 2.05) is 0 Å². The molecule has 0 bridgehead atoms. The van der Waals surface area contributed by atoms with Crippen LogP contribution in [0.5, 0.6) is 0 Å². The van der Waals surface area contributed by atoms with E-state index in [1.165, 1.54) is 6.20 Å². The topological polar surface area (TPSA) is 130 Å². The minimum Gasteiger partial charge on any atom is -0.477 e. The van der Waals surface area contributed by atoms with Crippen molar-refractivity contribution in [2.75, 3.05) is 5.32 Å². The number of rotatable bonds is 3. The van der Waals surface area contributed by atoms with Crippen LogP contribution in [0.2, 0.25) is 0 Å². The number of carboxylic acid groups (broad SMARTS) is 1. The SMILES string of the molecule is CC(C)(C)OC(=O)Nc1oc2cc(-c3cn[nH]c3)cnc2c1C(=O)O. The summed E-state index contributed by atoms with van der Waals surface area (Å²) in [5.74, 6) is -1.50. The molecule has 3 heterocycles. The van der Waals surface area contributed by atoms with Crippen LogP contribution in [-0.4, -0.2) is 38.0 Å². The van der Waals surface area contributed by atoms with Gasteiger partial charge >= 0.3 is 12.1 Å². The third-order valence-electron chi connectivity index (χ3n) is 3.19. The van der Waals surface area contributed by atoms with Gasteiger partial charge in [0.15, 0.2) is 5.58 Å². The first-order valence-electron chi connectivity index (χ1n) is 7.39. The van der Waals surface area contributed by atoms with Gasteiger partial charge in [-0.05, 0) is 26.8 Å².